The molecule has 4 nitrogen and oxygen atoms in total. The van der Waals surface area contributed by atoms with Gasteiger partial charge < -0.3 is 0 Å². The first kappa shape index (κ1) is 14.2. The molecule has 0 bridgehead atoms. The summed E-state index contributed by atoms with van der Waals surface area (Å²) in [5, 5.41) is 9.00. The Balaban J connectivity index is 2.04. The molecule has 1 aliphatic heterocycles. The van der Waals surface area contributed by atoms with Crippen LogP contribution >= 0.6 is 0 Å². The minimum Gasteiger partial charge on any atom is -0.281 e. The van der Waals surface area contributed by atoms with Gasteiger partial charge in [-0.05, 0) is 30.0 Å². The lowest BCUT2D eigenvalue weighted by Crippen LogP contribution is -2.48. The minimum absolute atomic E-state index is 0.216. The third kappa shape index (κ3) is 2.85. The lowest BCUT2D eigenvalue weighted by Gasteiger charge is -2.31. The molecule has 1 saturated heterocycles. The third-order valence-electron chi connectivity index (χ3n) is 3.58. The summed E-state index contributed by atoms with van der Waals surface area (Å²) in [5.74, 6) is -1.96. The Hall–Kier alpha value is -2.22. The second kappa shape index (κ2) is 5.83. The van der Waals surface area contributed by atoms with Crippen molar-refractivity contribution in [2.24, 2.45) is 11.8 Å². The Morgan fingerprint density at radius 1 is 1.35 bits per heavy atom. The molecule has 1 fully saturated rings. The van der Waals surface area contributed by atoms with Crippen LogP contribution in [0.2, 0.25) is 0 Å². The van der Waals surface area contributed by atoms with E-state index in [-0.39, 0.29) is 30.6 Å². The number of halogens is 1. The molecule has 2 rings (SSSR count). The first-order valence-electron chi connectivity index (χ1n) is 6.51. The van der Waals surface area contributed by atoms with E-state index in [1.165, 1.54) is 12.1 Å². The number of likely N-dealkylation sites (tertiary alicyclic amines) is 1. The van der Waals surface area contributed by atoms with Gasteiger partial charge in [0, 0.05) is 13.0 Å². The van der Waals surface area contributed by atoms with Crippen LogP contribution in [0.15, 0.2) is 24.3 Å². The van der Waals surface area contributed by atoms with Crippen molar-refractivity contribution < 1.29 is 14.0 Å². The highest BCUT2D eigenvalue weighted by Gasteiger charge is 2.38. The maximum Gasteiger partial charge on any atom is 0.246 e. The summed E-state index contributed by atoms with van der Waals surface area (Å²) in [6.45, 7) is 1.97. The van der Waals surface area contributed by atoms with E-state index in [4.69, 9.17) is 5.26 Å². The number of nitriles is 1. The number of hydrogen-bond acceptors (Lipinski definition) is 3. The summed E-state index contributed by atoms with van der Waals surface area (Å²) >= 11 is 0. The Kier molecular flexibility index (Phi) is 4.14. The van der Waals surface area contributed by atoms with Crippen LogP contribution in [0.25, 0.3) is 0 Å². The zero-order valence-electron chi connectivity index (χ0n) is 11.2. The maximum atomic E-state index is 12.8. The van der Waals surface area contributed by atoms with Gasteiger partial charge >= 0.3 is 0 Å². The number of hydrogen-bond donors (Lipinski definition) is 0. The van der Waals surface area contributed by atoms with Gasteiger partial charge in [-0.2, -0.15) is 5.26 Å². The van der Waals surface area contributed by atoms with Gasteiger partial charge in [-0.1, -0.05) is 19.1 Å². The monoisotopic (exact) mass is 274 g/mol. The molecule has 1 aromatic carbocycles. The quantitative estimate of drug-likeness (QED) is 0.791. The number of benzene rings is 1. The average Bonchev–Trinajstić information content (AvgIpc) is 2.40. The molecular weight excluding hydrogens is 259 g/mol. The van der Waals surface area contributed by atoms with Crippen LogP contribution in [-0.4, -0.2) is 23.3 Å². The number of piperidine rings is 1. The SMILES string of the molecule is CC1CC(=O)N(CCc2ccc(F)cc2)C(=O)C1C#N. The number of rotatable bonds is 3. The fourth-order valence-electron chi connectivity index (χ4n) is 2.35. The molecular formula is C15H15FN2O2. The van der Waals surface area contributed by atoms with Crippen LogP contribution in [0.4, 0.5) is 4.39 Å². The molecule has 0 N–H and O–H groups in total. The van der Waals surface area contributed by atoms with Crippen molar-refractivity contribution in [2.75, 3.05) is 6.54 Å². The maximum absolute atomic E-state index is 12.8. The van der Waals surface area contributed by atoms with E-state index in [1.807, 2.05) is 6.07 Å². The molecule has 1 heterocycles. The Labute approximate surface area is 116 Å². The van der Waals surface area contributed by atoms with Gasteiger partial charge in [-0.3, -0.25) is 14.5 Å². The number of carbonyl (C=O) groups is 2. The second-order valence-electron chi connectivity index (χ2n) is 5.05. The van der Waals surface area contributed by atoms with Gasteiger partial charge in [-0.25, -0.2) is 4.39 Å². The molecule has 0 saturated carbocycles. The second-order valence-corrected chi connectivity index (χ2v) is 5.05. The molecule has 104 valence electrons. The van der Waals surface area contributed by atoms with Gasteiger partial charge in [-0.15, -0.1) is 0 Å². The number of nitrogens with zero attached hydrogens (tertiary/aromatic N) is 2. The Morgan fingerprint density at radius 2 is 2.00 bits per heavy atom. The Morgan fingerprint density at radius 3 is 2.60 bits per heavy atom. The van der Waals surface area contributed by atoms with Crippen molar-refractivity contribution in [2.45, 2.75) is 19.8 Å². The molecule has 2 atom stereocenters. The summed E-state index contributed by atoms with van der Waals surface area (Å²) in [6.07, 6.45) is 0.678. The molecule has 1 aromatic rings. The topological polar surface area (TPSA) is 61.2 Å². The molecule has 0 spiro atoms. The molecule has 2 amide bonds. The smallest absolute Gasteiger partial charge is 0.246 e. The molecule has 20 heavy (non-hydrogen) atoms. The molecule has 0 aliphatic carbocycles. The Bertz CT molecular complexity index is 562. The van der Waals surface area contributed by atoms with E-state index in [2.05, 4.69) is 0 Å². The molecule has 1 aliphatic rings. The first-order chi connectivity index (χ1) is 9.52. The van der Waals surface area contributed by atoms with Crippen molar-refractivity contribution in [1.29, 1.82) is 5.26 Å². The van der Waals surface area contributed by atoms with Crippen molar-refractivity contribution >= 4 is 11.8 Å². The first-order valence-corrected chi connectivity index (χ1v) is 6.51. The van der Waals surface area contributed by atoms with Gasteiger partial charge in [0.2, 0.25) is 11.8 Å². The average molecular weight is 274 g/mol. The summed E-state index contributed by atoms with van der Waals surface area (Å²) in [5.41, 5.74) is 0.846. The van der Waals surface area contributed by atoms with Crippen molar-refractivity contribution in [3.05, 3.63) is 35.6 Å². The normalized spacial score (nSPS) is 22.8. The largest absolute Gasteiger partial charge is 0.281 e. The zero-order valence-corrected chi connectivity index (χ0v) is 11.2. The lowest BCUT2D eigenvalue weighted by molar-refractivity contribution is -0.152. The highest BCUT2D eigenvalue weighted by Crippen LogP contribution is 2.25. The predicted molar refractivity (Wildman–Crippen MR) is 69.7 cm³/mol. The fourth-order valence-corrected chi connectivity index (χ4v) is 2.35. The van der Waals surface area contributed by atoms with E-state index in [9.17, 15) is 14.0 Å². The van der Waals surface area contributed by atoms with E-state index in [0.29, 0.717) is 6.42 Å². The fraction of sp³-hybridized carbons (Fsp3) is 0.400. The highest BCUT2D eigenvalue weighted by atomic mass is 19.1. The van der Waals surface area contributed by atoms with Crippen LogP contribution in [0.3, 0.4) is 0 Å². The standard InChI is InChI=1S/C15H15FN2O2/c1-10-8-14(19)18(15(20)13(10)9-17)7-6-11-2-4-12(16)5-3-11/h2-5,10,13H,6-8H2,1H3. The summed E-state index contributed by atoms with van der Waals surface area (Å²) in [7, 11) is 0. The number of imide groups is 1. The van der Waals surface area contributed by atoms with Gasteiger partial charge in [0.05, 0.1) is 6.07 Å². The van der Waals surface area contributed by atoms with Crippen molar-refractivity contribution in [3.8, 4) is 6.07 Å². The molecule has 0 aromatic heterocycles. The predicted octanol–water partition coefficient (Wildman–Crippen LogP) is 1.90. The van der Waals surface area contributed by atoms with Crippen molar-refractivity contribution in [3.63, 3.8) is 0 Å². The summed E-state index contributed by atoms with van der Waals surface area (Å²) < 4.78 is 12.8. The minimum atomic E-state index is -0.749. The molecule has 5 heteroatoms. The van der Waals surface area contributed by atoms with E-state index in [1.54, 1.807) is 19.1 Å². The molecule has 0 radical (unpaired) electrons. The van der Waals surface area contributed by atoms with E-state index in [0.717, 1.165) is 10.5 Å². The van der Waals surface area contributed by atoms with Gasteiger partial charge in [0.1, 0.15) is 11.7 Å². The zero-order chi connectivity index (χ0) is 14.7. The van der Waals surface area contributed by atoms with Crippen LogP contribution in [0.5, 0.6) is 0 Å². The van der Waals surface area contributed by atoms with Gasteiger partial charge in [0.25, 0.3) is 0 Å². The van der Waals surface area contributed by atoms with Crippen LogP contribution in [-0.2, 0) is 16.0 Å². The summed E-state index contributed by atoms with van der Waals surface area (Å²) in [6, 6.07) is 7.90. The van der Waals surface area contributed by atoms with E-state index < -0.39 is 11.8 Å². The number of amides is 2. The lowest BCUT2D eigenvalue weighted by atomic mass is 9.87. The van der Waals surface area contributed by atoms with Crippen LogP contribution in [0.1, 0.15) is 18.9 Å². The van der Waals surface area contributed by atoms with Crippen molar-refractivity contribution in [1.82, 2.24) is 4.90 Å². The van der Waals surface area contributed by atoms with Crippen LogP contribution < -0.4 is 0 Å². The number of carbonyl (C=O) groups excluding carboxylic acids is 2. The van der Waals surface area contributed by atoms with E-state index >= 15 is 0 Å². The highest BCUT2D eigenvalue weighted by molar-refractivity contribution is 6.00. The summed E-state index contributed by atoms with van der Waals surface area (Å²) in [4.78, 5) is 25.1. The van der Waals surface area contributed by atoms with Crippen LogP contribution in [0, 0.1) is 29.0 Å². The third-order valence-corrected chi connectivity index (χ3v) is 3.58. The van der Waals surface area contributed by atoms with Gasteiger partial charge in [0.15, 0.2) is 0 Å². The molecule has 2 unspecified atom stereocenters.